The summed E-state index contributed by atoms with van der Waals surface area (Å²) in [4.78, 5) is 2.23. The highest BCUT2D eigenvalue weighted by Crippen LogP contribution is 2.18. The summed E-state index contributed by atoms with van der Waals surface area (Å²) < 4.78 is 0. The van der Waals surface area contributed by atoms with Crippen LogP contribution in [0.2, 0.25) is 0 Å². The van der Waals surface area contributed by atoms with E-state index in [1.54, 1.807) is 0 Å². The Hall–Kier alpha value is -1.58. The third kappa shape index (κ3) is 3.95. The Labute approximate surface area is 121 Å². The lowest BCUT2D eigenvalue weighted by Crippen LogP contribution is -2.35. The minimum atomic E-state index is -0.346. The molecule has 0 amide bonds. The summed E-state index contributed by atoms with van der Waals surface area (Å²) in [7, 11) is 0. The van der Waals surface area contributed by atoms with Gasteiger partial charge in [-0.05, 0) is 36.0 Å². The number of fused-ring (bicyclic) bond motifs is 1. The Kier molecular flexibility index (Phi) is 5.39. The van der Waals surface area contributed by atoms with E-state index < -0.39 is 0 Å². The molecule has 0 aromatic heterocycles. The molecule has 0 aliphatic heterocycles. The van der Waals surface area contributed by atoms with Gasteiger partial charge < -0.3 is 15.3 Å². The average Bonchev–Trinajstić information content (AvgIpc) is 2.50. The molecule has 0 aliphatic carbocycles. The van der Waals surface area contributed by atoms with Crippen molar-refractivity contribution in [2.45, 2.75) is 20.0 Å². The first-order valence-electron chi connectivity index (χ1n) is 7.36. The van der Waals surface area contributed by atoms with Crippen LogP contribution >= 0.6 is 0 Å². The Bertz CT molecular complexity index is 537. The molecule has 0 saturated heterocycles. The van der Waals surface area contributed by atoms with Crippen LogP contribution in [0.3, 0.4) is 0 Å². The van der Waals surface area contributed by atoms with Crippen LogP contribution in [0.25, 0.3) is 10.8 Å². The van der Waals surface area contributed by atoms with Gasteiger partial charge in [-0.15, -0.1) is 0 Å². The Morgan fingerprint density at radius 3 is 2.45 bits per heavy atom. The highest BCUT2D eigenvalue weighted by Gasteiger charge is 2.08. The average molecular weight is 272 g/mol. The normalized spacial score (nSPS) is 12.8. The van der Waals surface area contributed by atoms with Gasteiger partial charge in [-0.25, -0.2) is 0 Å². The van der Waals surface area contributed by atoms with Crippen LogP contribution in [0.4, 0.5) is 5.69 Å². The van der Waals surface area contributed by atoms with Crippen molar-refractivity contribution in [3.8, 4) is 0 Å². The Morgan fingerprint density at radius 1 is 1.05 bits per heavy atom. The number of nitrogens with one attached hydrogen (secondary N) is 1. The number of hydrogen-bond acceptors (Lipinski definition) is 3. The summed E-state index contributed by atoms with van der Waals surface area (Å²) in [6.07, 6.45) is -0.346. The lowest BCUT2D eigenvalue weighted by atomic mass is 10.1. The number of anilines is 1. The van der Waals surface area contributed by atoms with Crippen molar-refractivity contribution in [3.05, 3.63) is 42.5 Å². The number of benzene rings is 2. The van der Waals surface area contributed by atoms with E-state index >= 15 is 0 Å². The lowest BCUT2D eigenvalue weighted by Gasteiger charge is -2.22. The molecular weight excluding hydrogens is 248 g/mol. The molecule has 20 heavy (non-hydrogen) atoms. The fourth-order valence-corrected chi connectivity index (χ4v) is 2.38. The Morgan fingerprint density at radius 2 is 1.75 bits per heavy atom. The molecule has 3 nitrogen and oxygen atoms in total. The number of aliphatic hydroxyl groups is 1. The molecule has 1 atom stereocenters. The summed E-state index contributed by atoms with van der Waals surface area (Å²) >= 11 is 0. The van der Waals surface area contributed by atoms with Gasteiger partial charge in [0, 0.05) is 18.8 Å². The molecule has 2 aromatic rings. The second-order valence-electron chi connectivity index (χ2n) is 5.08. The van der Waals surface area contributed by atoms with E-state index in [9.17, 15) is 5.11 Å². The number of rotatable bonds is 7. The molecular formula is C17H24N2O. The molecule has 108 valence electrons. The van der Waals surface area contributed by atoms with E-state index in [-0.39, 0.29) is 6.10 Å². The fraction of sp³-hybridized carbons (Fsp3) is 0.412. The van der Waals surface area contributed by atoms with Crippen LogP contribution in [-0.4, -0.2) is 42.3 Å². The molecule has 2 aromatic carbocycles. The topological polar surface area (TPSA) is 35.5 Å². The third-order valence-electron chi connectivity index (χ3n) is 3.65. The smallest absolute Gasteiger partial charge is 0.0839 e. The zero-order chi connectivity index (χ0) is 14.4. The highest BCUT2D eigenvalue weighted by molar-refractivity contribution is 5.85. The zero-order valence-electron chi connectivity index (χ0n) is 12.3. The monoisotopic (exact) mass is 272 g/mol. The predicted molar refractivity (Wildman–Crippen MR) is 86.2 cm³/mol. The van der Waals surface area contributed by atoms with Crippen molar-refractivity contribution in [2.24, 2.45) is 0 Å². The van der Waals surface area contributed by atoms with Crippen LogP contribution in [0, 0.1) is 0 Å². The van der Waals surface area contributed by atoms with Gasteiger partial charge in [0.1, 0.15) is 0 Å². The van der Waals surface area contributed by atoms with E-state index in [2.05, 4.69) is 54.4 Å². The summed E-state index contributed by atoms with van der Waals surface area (Å²) in [5.74, 6) is 0. The number of likely N-dealkylation sites (N-methyl/N-ethyl adjacent to an activating group) is 1. The van der Waals surface area contributed by atoms with Gasteiger partial charge in [0.2, 0.25) is 0 Å². The van der Waals surface area contributed by atoms with Crippen LogP contribution in [-0.2, 0) is 0 Å². The van der Waals surface area contributed by atoms with Crippen molar-refractivity contribution in [1.82, 2.24) is 4.90 Å². The molecule has 0 bridgehead atoms. The Balaban J connectivity index is 1.92. The van der Waals surface area contributed by atoms with Crippen LogP contribution in [0.5, 0.6) is 0 Å². The largest absolute Gasteiger partial charge is 0.390 e. The quantitative estimate of drug-likeness (QED) is 0.813. The summed E-state index contributed by atoms with van der Waals surface area (Å²) in [6, 6.07) is 14.6. The molecule has 2 N–H and O–H groups in total. The van der Waals surface area contributed by atoms with Crippen molar-refractivity contribution in [3.63, 3.8) is 0 Å². The number of nitrogens with zero attached hydrogens (tertiary/aromatic N) is 1. The SMILES string of the molecule is CCN(CC)CC(O)CNc1ccc2ccccc2c1. The van der Waals surface area contributed by atoms with Gasteiger partial charge in [-0.1, -0.05) is 44.2 Å². The van der Waals surface area contributed by atoms with Crippen LogP contribution in [0.15, 0.2) is 42.5 Å². The zero-order valence-corrected chi connectivity index (χ0v) is 12.3. The molecule has 0 spiro atoms. The standard InChI is InChI=1S/C17H24N2O/c1-3-19(4-2)13-17(20)12-18-16-10-9-14-7-5-6-8-15(14)11-16/h5-11,17-18,20H,3-4,12-13H2,1-2H3. The van der Waals surface area contributed by atoms with Crippen molar-refractivity contribution >= 4 is 16.5 Å². The van der Waals surface area contributed by atoms with E-state index in [1.807, 2.05) is 12.1 Å². The number of aliphatic hydroxyl groups excluding tert-OH is 1. The lowest BCUT2D eigenvalue weighted by molar-refractivity contribution is 0.128. The highest BCUT2D eigenvalue weighted by atomic mass is 16.3. The molecule has 0 saturated carbocycles. The molecule has 1 unspecified atom stereocenters. The van der Waals surface area contributed by atoms with E-state index in [0.29, 0.717) is 13.1 Å². The summed E-state index contributed by atoms with van der Waals surface area (Å²) in [5.41, 5.74) is 1.06. The second-order valence-corrected chi connectivity index (χ2v) is 5.08. The maximum atomic E-state index is 10.1. The van der Waals surface area contributed by atoms with E-state index in [0.717, 1.165) is 18.8 Å². The molecule has 0 fully saturated rings. The van der Waals surface area contributed by atoms with E-state index in [4.69, 9.17) is 0 Å². The van der Waals surface area contributed by atoms with Gasteiger partial charge in [-0.2, -0.15) is 0 Å². The van der Waals surface area contributed by atoms with Crippen molar-refractivity contribution < 1.29 is 5.11 Å². The molecule has 0 radical (unpaired) electrons. The van der Waals surface area contributed by atoms with Crippen LogP contribution < -0.4 is 5.32 Å². The molecule has 2 rings (SSSR count). The minimum Gasteiger partial charge on any atom is -0.390 e. The van der Waals surface area contributed by atoms with Gasteiger partial charge in [0.05, 0.1) is 6.10 Å². The van der Waals surface area contributed by atoms with Gasteiger partial charge in [-0.3, -0.25) is 0 Å². The third-order valence-corrected chi connectivity index (χ3v) is 3.65. The molecule has 0 heterocycles. The first-order chi connectivity index (χ1) is 9.72. The minimum absolute atomic E-state index is 0.346. The van der Waals surface area contributed by atoms with Gasteiger partial charge in [0.25, 0.3) is 0 Å². The number of hydrogen-bond donors (Lipinski definition) is 2. The predicted octanol–water partition coefficient (Wildman–Crippen LogP) is 2.95. The first kappa shape index (κ1) is 14.8. The summed E-state index contributed by atoms with van der Waals surface area (Å²) in [6.45, 7) is 7.48. The fourth-order valence-electron chi connectivity index (χ4n) is 2.38. The maximum absolute atomic E-state index is 10.1. The first-order valence-corrected chi connectivity index (χ1v) is 7.36. The van der Waals surface area contributed by atoms with Crippen molar-refractivity contribution in [2.75, 3.05) is 31.5 Å². The van der Waals surface area contributed by atoms with Crippen molar-refractivity contribution in [1.29, 1.82) is 0 Å². The van der Waals surface area contributed by atoms with Crippen LogP contribution in [0.1, 0.15) is 13.8 Å². The van der Waals surface area contributed by atoms with Gasteiger partial charge >= 0.3 is 0 Å². The van der Waals surface area contributed by atoms with Gasteiger partial charge in [0.15, 0.2) is 0 Å². The van der Waals surface area contributed by atoms with E-state index in [1.165, 1.54) is 10.8 Å². The second kappa shape index (κ2) is 7.27. The summed E-state index contributed by atoms with van der Waals surface area (Å²) in [5, 5.41) is 15.8. The maximum Gasteiger partial charge on any atom is 0.0839 e. The molecule has 0 aliphatic rings. The molecule has 3 heteroatoms.